The number of nitriles is 1. The molecule has 0 bridgehead atoms. The Kier molecular flexibility index (Phi) is 6.46. The molecule has 5 rings (SSSR count). The third kappa shape index (κ3) is 4.69. The number of halogens is 1. The molecule has 0 N–H and O–H groups in total. The van der Waals surface area contributed by atoms with Gasteiger partial charge in [-0.05, 0) is 41.5 Å². The van der Waals surface area contributed by atoms with E-state index < -0.39 is 0 Å². The molecule has 31 heavy (non-hydrogen) atoms. The maximum absolute atomic E-state index is 9.24. The number of nitrogens with zero attached hydrogens (tertiary/aromatic N) is 2. The molecule has 0 unspecified atom stereocenters. The Hall–Kier alpha value is -3.00. The fourth-order valence-electron chi connectivity index (χ4n) is 4.54. The average Bonchev–Trinajstić information content (AvgIpc) is 3.22. The number of hydrogen-bond donors (Lipinski definition) is 0. The summed E-state index contributed by atoms with van der Waals surface area (Å²) in [5.74, 6) is 2.76. The second kappa shape index (κ2) is 9.43. The van der Waals surface area contributed by atoms with Crippen molar-refractivity contribution in [2.75, 3.05) is 19.7 Å². The van der Waals surface area contributed by atoms with Crippen molar-refractivity contribution in [3.05, 3.63) is 95.1 Å². The van der Waals surface area contributed by atoms with Crippen LogP contribution in [0.1, 0.15) is 28.2 Å². The molecule has 0 spiro atoms. The van der Waals surface area contributed by atoms with Crippen LogP contribution in [0.3, 0.4) is 0 Å². The van der Waals surface area contributed by atoms with Gasteiger partial charge < -0.3 is 9.47 Å². The van der Waals surface area contributed by atoms with Gasteiger partial charge in [-0.3, -0.25) is 4.90 Å². The first kappa shape index (κ1) is 21.2. The highest BCUT2D eigenvalue weighted by molar-refractivity contribution is 5.85. The molecule has 2 heterocycles. The molecule has 1 fully saturated rings. The standard InChI is InChI=1S/C26H24N2O2.ClH/c27-13-21-8-11-26-24(12-21)25-16-28(15-22(25)18-30-26)14-19-6-9-23(10-7-19)29-17-20-4-2-1-3-5-20;/h1-12,22,25H,14-18H2;1H/t22-,25+;/m1./s1. The summed E-state index contributed by atoms with van der Waals surface area (Å²) in [4.78, 5) is 2.49. The van der Waals surface area contributed by atoms with E-state index in [1.807, 2.05) is 36.4 Å². The minimum Gasteiger partial charge on any atom is -0.493 e. The number of benzene rings is 3. The summed E-state index contributed by atoms with van der Waals surface area (Å²) in [7, 11) is 0. The van der Waals surface area contributed by atoms with Crippen LogP contribution >= 0.6 is 12.4 Å². The first-order valence-corrected chi connectivity index (χ1v) is 10.4. The van der Waals surface area contributed by atoms with E-state index >= 15 is 0 Å². The van der Waals surface area contributed by atoms with Crippen molar-refractivity contribution >= 4 is 12.4 Å². The SMILES string of the molecule is Cl.N#Cc1ccc2c(c1)[C@H]1CN(Cc3ccc(OCc4ccccc4)cc3)C[C@@H]1CO2. The largest absolute Gasteiger partial charge is 0.493 e. The zero-order valence-electron chi connectivity index (χ0n) is 17.2. The summed E-state index contributed by atoms with van der Waals surface area (Å²) in [5, 5.41) is 9.24. The van der Waals surface area contributed by atoms with E-state index in [1.54, 1.807) is 0 Å². The van der Waals surface area contributed by atoms with Crippen LogP contribution in [0, 0.1) is 17.2 Å². The molecule has 2 atom stereocenters. The van der Waals surface area contributed by atoms with Crippen molar-refractivity contribution < 1.29 is 9.47 Å². The van der Waals surface area contributed by atoms with Crippen molar-refractivity contribution in [1.29, 1.82) is 5.26 Å². The van der Waals surface area contributed by atoms with Gasteiger partial charge in [0.25, 0.3) is 0 Å². The quantitative estimate of drug-likeness (QED) is 0.558. The third-order valence-electron chi connectivity index (χ3n) is 6.09. The fraction of sp³-hybridized carbons (Fsp3) is 0.269. The van der Waals surface area contributed by atoms with Gasteiger partial charge in [-0.25, -0.2) is 0 Å². The van der Waals surface area contributed by atoms with E-state index in [1.165, 1.54) is 16.7 Å². The highest BCUT2D eigenvalue weighted by Gasteiger charge is 2.38. The summed E-state index contributed by atoms with van der Waals surface area (Å²) in [6, 6.07) is 26.7. The number of hydrogen-bond acceptors (Lipinski definition) is 4. The predicted octanol–water partition coefficient (Wildman–Crippen LogP) is 5.17. The lowest BCUT2D eigenvalue weighted by Gasteiger charge is -2.27. The third-order valence-corrected chi connectivity index (χ3v) is 6.09. The van der Waals surface area contributed by atoms with E-state index in [0.29, 0.717) is 24.0 Å². The van der Waals surface area contributed by atoms with Crippen molar-refractivity contribution in [3.63, 3.8) is 0 Å². The number of likely N-dealkylation sites (tertiary alicyclic amines) is 1. The van der Waals surface area contributed by atoms with Crippen molar-refractivity contribution in [3.8, 4) is 17.6 Å². The van der Waals surface area contributed by atoms with E-state index in [0.717, 1.165) is 37.7 Å². The minimum absolute atomic E-state index is 0. The Morgan fingerprint density at radius 3 is 2.55 bits per heavy atom. The lowest BCUT2D eigenvalue weighted by atomic mass is 9.86. The van der Waals surface area contributed by atoms with Crippen LogP contribution in [0.2, 0.25) is 0 Å². The molecule has 4 nitrogen and oxygen atoms in total. The van der Waals surface area contributed by atoms with Crippen LogP contribution in [0.5, 0.6) is 11.5 Å². The summed E-state index contributed by atoms with van der Waals surface area (Å²) in [5.41, 5.74) is 4.36. The van der Waals surface area contributed by atoms with Gasteiger partial charge in [0.15, 0.2) is 0 Å². The Morgan fingerprint density at radius 1 is 0.968 bits per heavy atom. The smallest absolute Gasteiger partial charge is 0.122 e. The van der Waals surface area contributed by atoms with Crippen LogP contribution in [-0.2, 0) is 13.2 Å². The van der Waals surface area contributed by atoms with Crippen LogP contribution < -0.4 is 9.47 Å². The molecule has 5 heteroatoms. The summed E-state index contributed by atoms with van der Waals surface area (Å²) in [6.45, 7) is 4.28. The van der Waals surface area contributed by atoms with Crippen molar-refractivity contribution in [2.45, 2.75) is 19.1 Å². The highest BCUT2D eigenvalue weighted by atomic mass is 35.5. The van der Waals surface area contributed by atoms with E-state index in [9.17, 15) is 5.26 Å². The maximum atomic E-state index is 9.24. The van der Waals surface area contributed by atoms with Crippen LogP contribution in [0.25, 0.3) is 0 Å². The van der Waals surface area contributed by atoms with Crippen LogP contribution in [-0.4, -0.2) is 24.6 Å². The van der Waals surface area contributed by atoms with Gasteiger partial charge in [0.2, 0.25) is 0 Å². The first-order chi connectivity index (χ1) is 14.8. The Balaban J connectivity index is 0.00000231. The molecule has 2 aliphatic rings. The zero-order valence-corrected chi connectivity index (χ0v) is 18.1. The van der Waals surface area contributed by atoms with E-state index in [4.69, 9.17) is 9.47 Å². The van der Waals surface area contributed by atoms with Crippen molar-refractivity contribution in [1.82, 2.24) is 4.90 Å². The zero-order chi connectivity index (χ0) is 20.3. The lowest BCUT2D eigenvalue weighted by molar-refractivity contribution is 0.212. The number of fused-ring (bicyclic) bond motifs is 3. The van der Waals surface area contributed by atoms with Gasteiger partial charge in [0.05, 0.1) is 18.2 Å². The molecule has 158 valence electrons. The number of rotatable bonds is 5. The normalized spacial score (nSPS) is 19.3. The molecule has 1 saturated heterocycles. The van der Waals surface area contributed by atoms with Gasteiger partial charge in [0, 0.05) is 37.0 Å². The topological polar surface area (TPSA) is 45.5 Å². The van der Waals surface area contributed by atoms with Gasteiger partial charge in [-0.1, -0.05) is 42.5 Å². The Labute approximate surface area is 189 Å². The monoisotopic (exact) mass is 432 g/mol. The molecule has 0 aliphatic carbocycles. The van der Waals surface area contributed by atoms with Gasteiger partial charge >= 0.3 is 0 Å². The highest BCUT2D eigenvalue weighted by Crippen LogP contribution is 2.42. The molecule has 3 aromatic carbocycles. The Bertz CT molecular complexity index is 1060. The van der Waals surface area contributed by atoms with Crippen LogP contribution in [0.4, 0.5) is 0 Å². The first-order valence-electron chi connectivity index (χ1n) is 10.4. The van der Waals surface area contributed by atoms with Gasteiger partial charge in [-0.15, -0.1) is 12.4 Å². The second-order valence-electron chi connectivity index (χ2n) is 8.15. The molecule has 0 aromatic heterocycles. The minimum atomic E-state index is 0. The van der Waals surface area contributed by atoms with E-state index in [2.05, 4.69) is 47.4 Å². The molecular weight excluding hydrogens is 408 g/mol. The fourth-order valence-corrected chi connectivity index (χ4v) is 4.54. The molecule has 0 saturated carbocycles. The Morgan fingerprint density at radius 2 is 1.77 bits per heavy atom. The predicted molar refractivity (Wildman–Crippen MR) is 123 cm³/mol. The average molecular weight is 433 g/mol. The summed E-state index contributed by atoms with van der Waals surface area (Å²) < 4.78 is 11.9. The molecule has 2 aliphatic heterocycles. The number of ether oxygens (including phenoxy) is 2. The van der Waals surface area contributed by atoms with Gasteiger partial charge in [0.1, 0.15) is 18.1 Å². The summed E-state index contributed by atoms with van der Waals surface area (Å²) >= 11 is 0. The molecule has 3 aromatic rings. The molecule has 0 amide bonds. The molecule has 0 radical (unpaired) electrons. The maximum Gasteiger partial charge on any atom is 0.122 e. The second-order valence-corrected chi connectivity index (χ2v) is 8.15. The lowest BCUT2D eigenvalue weighted by Crippen LogP contribution is -2.25. The summed E-state index contributed by atoms with van der Waals surface area (Å²) in [6.07, 6.45) is 0. The molecular formula is C26H25ClN2O2. The van der Waals surface area contributed by atoms with Crippen LogP contribution in [0.15, 0.2) is 72.8 Å². The van der Waals surface area contributed by atoms with Crippen molar-refractivity contribution in [2.24, 2.45) is 5.92 Å². The van der Waals surface area contributed by atoms with E-state index in [-0.39, 0.29) is 12.4 Å². The van der Waals surface area contributed by atoms with Gasteiger partial charge in [-0.2, -0.15) is 5.26 Å².